The third-order valence-corrected chi connectivity index (χ3v) is 3.35. The Bertz CT molecular complexity index is 303. The lowest BCUT2D eigenvalue weighted by molar-refractivity contribution is 0.288. The van der Waals surface area contributed by atoms with Crippen molar-refractivity contribution in [2.75, 3.05) is 6.61 Å². The molecule has 0 aromatic carbocycles. The molecule has 1 saturated carbocycles. The van der Waals surface area contributed by atoms with E-state index in [1.807, 2.05) is 4.68 Å². The van der Waals surface area contributed by atoms with E-state index in [9.17, 15) is 0 Å². The highest BCUT2D eigenvalue weighted by Gasteiger charge is 2.15. The van der Waals surface area contributed by atoms with Crippen LogP contribution in [0.15, 0.2) is 6.20 Å². The topological polar surface area (TPSA) is 50.9 Å². The highest BCUT2D eigenvalue weighted by Crippen LogP contribution is 2.26. The van der Waals surface area contributed by atoms with Crippen molar-refractivity contribution in [3.63, 3.8) is 0 Å². The molecule has 1 aromatic heterocycles. The Morgan fingerprint density at radius 2 is 2.00 bits per heavy atom. The number of aliphatic hydroxyl groups excluding tert-OH is 1. The Kier molecular flexibility index (Phi) is 4.34. The Labute approximate surface area is 96.7 Å². The summed E-state index contributed by atoms with van der Waals surface area (Å²) in [5.74, 6) is 0. The molecular formula is C12H21N3O. The summed E-state index contributed by atoms with van der Waals surface area (Å²) in [6.45, 7) is 0.232. The van der Waals surface area contributed by atoms with E-state index >= 15 is 0 Å². The van der Waals surface area contributed by atoms with Crippen LogP contribution in [-0.2, 0) is 6.42 Å². The molecule has 0 radical (unpaired) electrons. The average molecular weight is 223 g/mol. The summed E-state index contributed by atoms with van der Waals surface area (Å²) in [5.41, 5.74) is 1.01. The zero-order valence-corrected chi connectivity index (χ0v) is 9.81. The molecule has 16 heavy (non-hydrogen) atoms. The minimum atomic E-state index is 0.232. The van der Waals surface area contributed by atoms with Crippen molar-refractivity contribution in [2.45, 2.75) is 57.4 Å². The first-order valence-electron chi connectivity index (χ1n) is 6.41. The van der Waals surface area contributed by atoms with Gasteiger partial charge in [-0.1, -0.05) is 30.9 Å². The second kappa shape index (κ2) is 5.99. The van der Waals surface area contributed by atoms with Crippen LogP contribution in [0.25, 0.3) is 0 Å². The number of aliphatic hydroxyl groups is 1. The molecule has 1 fully saturated rings. The quantitative estimate of drug-likeness (QED) is 0.795. The fourth-order valence-electron chi connectivity index (χ4n) is 2.39. The largest absolute Gasteiger partial charge is 0.396 e. The highest BCUT2D eigenvalue weighted by molar-refractivity contribution is 4.93. The van der Waals surface area contributed by atoms with Gasteiger partial charge in [0.1, 0.15) is 0 Å². The smallest absolute Gasteiger partial charge is 0.0828 e. The fourth-order valence-corrected chi connectivity index (χ4v) is 2.39. The first kappa shape index (κ1) is 11.6. The Balaban J connectivity index is 1.94. The van der Waals surface area contributed by atoms with Gasteiger partial charge in [-0.2, -0.15) is 0 Å². The van der Waals surface area contributed by atoms with Crippen LogP contribution in [-0.4, -0.2) is 26.7 Å². The van der Waals surface area contributed by atoms with Gasteiger partial charge >= 0.3 is 0 Å². The lowest BCUT2D eigenvalue weighted by atomic mass is 10.1. The average Bonchev–Trinajstić information content (AvgIpc) is 2.60. The Morgan fingerprint density at radius 3 is 2.69 bits per heavy atom. The molecule has 0 spiro atoms. The van der Waals surface area contributed by atoms with Crippen molar-refractivity contribution < 1.29 is 5.11 Å². The highest BCUT2D eigenvalue weighted by atomic mass is 16.2. The van der Waals surface area contributed by atoms with E-state index in [2.05, 4.69) is 16.5 Å². The van der Waals surface area contributed by atoms with E-state index in [4.69, 9.17) is 5.11 Å². The standard InChI is InChI=1S/C12H21N3O/c16-9-5-6-11-10-15(14-13-11)12-7-3-1-2-4-8-12/h10,12,16H,1-9H2. The van der Waals surface area contributed by atoms with Gasteiger partial charge in [0.15, 0.2) is 0 Å². The SMILES string of the molecule is OCCCc1cn(C2CCCCCC2)nn1. The van der Waals surface area contributed by atoms with E-state index in [0.29, 0.717) is 6.04 Å². The summed E-state index contributed by atoms with van der Waals surface area (Å²) in [6.07, 6.45) is 11.5. The van der Waals surface area contributed by atoms with Crippen LogP contribution in [0, 0.1) is 0 Å². The summed E-state index contributed by atoms with van der Waals surface area (Å²) in [5, 5.41) is 17.1. The number of nitrogens with zero attached hydrogens (tertiary/aromatic N) is 3. The fraction of sp³-hybridized carbons (Fsp3) is 0.833. The molecule has 0 amide bonds. The van der Waals surface area contributed by atoms with Gasteiger partial charge in [0.05, 0.1) is 11.7 Å². The number of hydrogen-bond donors (Lipinski definition) is 1. The molecule has 1 N–H and O–H groups in total. The Morgan fingerprint density at radius 1 is 1.25 bits per heavy atom. The zero-order chi connectivity index (χ0) is 11.2. The number of aromatic nitrogens is 3. The Hall–Kier alpha value is -0.900. The van der Waals surface area contributed by atoms with Gasteiger partial charge in [-0.25, -0.2) is 4.68 Å². The van der Waals surface area contributed by atoms with Gasteiger partial charge in [-0.15, -0.1) is 5.10 Å². The summed E-state index contributed by atoms with van der Waals surface area (Å²) >= 11 is 0. The molecular weight excluding hydrogens is 202 g/mol. The van der Waals surface area contributed by atoms with E-state index in [1.54, 1.807) is 0 Å². The van der Waals surface area contributed by atoms with Gasteiger partial charge < -0.3 is 5.11 Å². The van der Waals surface area contributed by atoms with Crippen molar-refractivity contribution in [3.05, 3.63) is 11.9 Å². The van der Waals surface area contributed by atoms with Crippen LogP contribution in [0.4, 0.5) is 0 Å². The lowest BCUT2D eigenvalue weighted by Crippen LogP contribution is -2.08. The van der Waals surface area contributed by atoms with Crippen molar-refractivity contribution in [1.29, 1.82) is 0 Å². The van der Waals surface area contributed by atoms with Gasteiger partial charge in [0, 0.05) is 12.8 Å². The molecule has 2 rings (SSSR count). The molecule has 1 aromatic rings. The second-order valence-corrected chi connectivity index (χ2v) is 4.66. The van der Waals surface area contributed by atoms with Gasteiger partial charge in [-0.05, 0) is 25.7 Å². The molecule has 0 unspecified atom stereocenters. The summed E-state index contributed by atoms with van der Waals surface area (Å²) in [6, 6.07) is 0.554. The van der Waals surface area contributed by atoms with E-state index in [-0.39, 0.29) is 6.61 Å². The van der Waals surface area contributed by atoms with Gasteiger partial charge in [0.25, 0.3) is 0 Å². The van der Waals surface area contributed by atoms with Crippen LogP contribution >= 0.6 is 0 Å². The van der Waals surface area contributed by atoms with Crippen molar-refractivity contribution in [3.8, 4) is 0 Å². The third kappa shape index (κ3) is 3.04. The first-order valence-corrected chi connectivity index (χ1v) is 6.41. The van der Waals surface area contributed by atoms with Gasteiger partial charge in [0.2, 0.25) is 0 Å². The molecule has 4 nitrogen and oxygen atoms in total. The normalized spacial score (nSPS) is 18.6. The predicted molar refractivity (Wildman–Crippen MR) is 62.2 cm³/mol. The molecule has 1 heterocycles. The molecule has 0 aliphatic heterocycles. The molecule has 1 aliphatic rings. The predicted octanol–water partition coefficient (Wildman–Crippen LogP) is 2.10. The number of rotatable bonds is 4. The molecule has 0 saturated heterocycles. The summed E-state index contributed by atoms with van der Waals surface area (Å²) in [7, 11) is 0. The molecule has 0 bridgehead atoms. The number of hydrogen-bond acceptors (Lipinski definition) is 3. The maximum absolute atomic E-state index is 8.77. The maximum Gasteiger partial charge on any atom is 0.0828 e. The summed E-state index contributed by atoms with van der Waals surface area (Å²) in [4.78, 5) is 0. The minimum Gasteiger partial charge on any atom is -0.396 e. The minimum absolute atomic E-state index is 0.232. The van der Waals surface area contributed by atoms with E-state index in [1.165, 1.54) is 38.5 Å². The molecule has 90 valence electrons. The number of aryl methyl sites for hydroxylation is 1. The molecule has 1 aliphatic carbocycles. The van der Waals surface area contributed by atoms with E-state index in [0.717, 1.165) is 18.5 Å². The van der Waals surface area contributed by atoms with Crippen LogP contribution in [0.3, 0.4) is 0 Å². The third-order valence-electron chi connectivity index (χ3n) is 3.35. The second-order valence-electron chi connectivity index (χ2n) is 4.66. The molecule has 4 heteroatoms. The zero-order valence-electron chi connectivity index (χ0n) is 9.81. The molecule has 0 atom stereocenters. The maximum atomic E-state index is 8.77. The van der Waals surface area contributed by atoms with Crippen molar-refractivity contribution >= 4 is 0 Å². The van der Waals surface area contributed by atoms with Crippen LogP contribution < -0.4 is 0 Å². The first-order chi connectivity index (χ1) is 7.90. The van der Waals surface area contributed by atoms with Crippen molar-refractivity contribution in [2.24, 2.45) is 0 Å². The van der Waals surface area contributed by atoms with Crippen LogP contribution in [0.5, 0.6) is 0 Å². The van der Waals surface area contributed by atoms with Gasteiger partial charge in [-0.3, -0.25) is 0 Å². The van der Waals surface area contributed by atoms with Crippen LogP contribution in [0.1, 0.15) is 56.7 Å². The lowest BCUT2D eigenvalue weighted by Gasteiger charge is -2.12. The van der Waals surface area contributed by atoms with Crippen molar-refractivity contribution in [1.82, 2.24) is 15.0 Å². The van der Waals surface area contributed by atoms with Crippen LogP contribution in [0.2, 0.25) is 0 Å². The summed E-state index contributed by atoms with van der Waals surface area (Å²) < 4.78 is 2.04. The van der Waals surface area contributed by atoms with E-state index < -0.39 is 0 Å². The monoisotopic (exact) mass is 223 g/mol.